The molecule has 3 rings (SSSR count). The summed E-state index contributed by atoms with van der Waals surface area (Å²) in [4.78, 5) is 24.8. The van der Waals surface area contributed by atoms with E-state index in [0.717, 1.165) is 25.7 Å². The van der Waals surface area contributed by atoms with Gasteiger partial charge in [-0.3, -0.25) is 4.79 Å². The van der Waals surface area contributed by atoms with Crippen molar-refractivity contribution >= 4 is 27.6 Å². The van der Waals surface area contributed by atoms with Crippen LogP contribution in [0.25, 0.3) is 0 Å². The van der Waals surface area contributed by atoms with Crippen LogP contribution in [0.1, 0.15) is 58.9 Å². The van der Waals surface area contributed by atoms with Crippen LogP contribution in [0.3, 0.4) is 0 Å². The molecule has 31 heavy (non-hydrogen) atoms. The second-order valence-corrected chi connectivity index (χ2v) is 9.49. The number of carbonyl (C=O) groups is 2. The third-order valence-corrected chi connectivity index (χ3v) is 7.18. The molecule has 0 radical (unpaired) electrons. The number of hydrogen-bond acceptors (Lipinski definition) is 5. The van der Waals surface area contributed by atoms with Crippen LogP contribution >= 0.6 is 0 Å². The monoisotopic (exact) mass is 444 g/mol. The van der Waals surface area contributed by atoms with Crippen LogP contribution in [0.15, 0.2) is 47.4 Å². The summed E-state index contributed by atoms with van der Waals surface area (Å²) in [5.74, 6) is -0.838. The van der Waals surface area contributed by atoms with Gasteiger partial charge >= 0.3 is 5.97 Å². The van der Waals surface area contributed by atoms with E-state index in [2.05, 4.69) is 5.32 Å². The molecule has 166 valence electrons. The highest BCUT2D eigenvalue weighted by Crippen LogP contribution is 2.22. The van der Waals surface area contributed by atoms with Gasteiger partial charge in [0.05, 0.1) is 17.1 Å². The van der Waals surface area contributed by atoms with Crippen molar-refractivity contribution < 1.29 is 22.7 Å². The lowest BCUT2D eigenvalue weighted by Gasteiger charge is -2.20. The smallest absolute Gasteiger partial charge is 0.338 e. The molecule has 1 saturated heterocycles. The average molecular weight is 445 g/mol. The van der Waals surface area contributed by atoms with Gasteiger partial charge in [0.15, 0.2) is 0 Å². The van der Waals surface area contributed by atoms with Gasteiger partial charge in [0.2, 0.25) is 10.0 Å². The average Bonchev–Trinajstić information content (AvgIpc) is 3.05. The van der Waals surface area contributed by atoms with E-state index in [4.69, 9.17) is 4.74 Å². The van der Waals surface area contributed by atoms with Gasteiger partial charge < -0.3 is 10.1 Å². The lowest BCUT2D eigenvalue weighted by Crippen LogP contribution is -2.32. The van der Waals surface area contributed by atoms with Gasteiger partial charge in [0.1, 0.15) is 0 Å². The molecule has 1 fully saturated rings. The van der Waals surface area contributed by atoms with Crippen molar-refractivity contribution in [3.63, 3.8) is 0 Å². The van der Waals surface area contributed by atoms with Gasteiger partial charge in [-0.25, -0.2) is 13.2 Å². The number of amides is 1. The summed E-state index contributed by atoms with van der Waals surface area (Å²) in [6.45, 7) is 4.81. The SMILES string of the molecule is CCOC(=O)c1ccc(NC(=O)c2cccc(S(=O)(=O)N3CCCCCC3)c2)c(C)c1. The Balaban J connectivity index is 1.78. The van der Waals surface area contributed by atoms with Crippen molar-refractivity contribution in [3.8, 4) is 0 Å². The summed E-state index contributed by atoms with van der Waals surface area (Å²) in [7, 11) is -3.64. The van der Waals surface area contributed by atoms with Crippen molar-refractivity contribution in [2.24, 2.45) is 0 Å². The maximum atomic E-state index is 13.0. The molecule has 0 spiro atoms. The topological polar surface area (TPSA) is 92.8 Å². The van der Waals surface area contributed by atoms with Crippen LogP contribution in [0.5, 0.6) is 0 Å². The van der Waals surface area contributed by atoms with Gasteiger partial charge in [0, 0.05) is 24.3 Å². The van der Waals surface area contributed by atoms with Crippen molar-refractivity contribution in [1.29, 1.82) is 0 Å². The second-order valence-electron chi connectivity index (χ2n) is 7.55. The lowest BCUT2D eigenvalue weighted by atomic mass is 10.1. The van der Waals surface area contributed by atoms with Gasteiger partial charge in [0.25, 0.3) is 5.91 Å². The molecule has 7 nitrogen and oxygen atoms in total. The van der Waals surface area contributed by atoms with Gasteiger partial charge in [-0.2, -0.15) is 4.31 Å². The minimum Gasteiger partial charge on any atom is -0.462 e. The molecule has 1 aliphatic heterocycles. The Morgan fingerprint density at radius 2 is 1.71 bits per heavy atom. The van der Waals surface area contributed by atoms with Crippen LogP contribution in [0.4, 0.5) is 5.69 Å². The molecule has 0 bridgehead atoms. The number of esters is 1. The summed E-state index contributed by atoms with van der Waals surface area (Å²) < 4.78 is 32.6. The minimum atomic E-state index is -3.64. The molecule has 1 aliphatic rings. The first-order valence-corrected chi connectivity index (χ1v) is 12.0. The summed E-state index contributed by atoms with van der Waals surface area (Å²) >= 11 is 0. The zero-order chi connectivity index (χ0) is 22.4. The van der Waals surface area contributed by atoms with Crippen molar-refractivity contribution in [2.45, 2.75) is 44.4 Å². The fraction of sp³-hybridized carbons (Fsp3) is 0.391. The predicted molar refractivity (Wildman–Crippen MR) is 119 cm³/mol. The zero-order valence-electron chi connectivity index (χ0n) is 17.9. The molecular formula is C23H28N2O5S. The maximum Gasteiger partial charge on any atom is 0.338 e. The molecule has 1 heterocycles. The molecule has 1 amide bonds. The van der Waals surface area contributed by atoms with Crippen LogP contribution in [0, 0.1) is 6.92 Å². The summed E-state index contributed by atoms with van der Waals surface area (Å²) in [6, 6.07) is 11.0. The molecule has 2 aromatic rings. The Morgan fingerprint density at radius 3 is 2.35 bits per heavy atom. The Hall–Kier alpha value is -2.71. The third-order valence-electron chi connectivity index (χ3n) is 5.28. The number of aryl methyl sites for hydroxylation is 1. The van der Waals surface area contributed by atoms with E-state index in [-0.39, 0.29) is 17.1 Å². The fourth-order valence-corrected chi connectivity index (χ4v) is 5.13. The summed E-state index contributed by atoms with van der Waals surface area (Å²) in [6.07, 6.45) is 3.76. The van der Waals surface area contributed by atoms with E-state index in [0.29, 0.717) is 29.9 Å². The van der Waals surface area contributed by atoms with Gasteiger partial charge in [-0.1, -0.05) is 18.9 Å². The zero-order valence-corrected chi connectivity index (χ0v) is 18.7. The fourth-order valence-electron chi connectivity index (χ4n) is 3.57. The Bertz CT molecular complexity index is 1060. The van der Waals surface area contributed by atoms with E-state index >= 15 is 0 Å². The maximum absolute atomic E-state index is 13.0. The molecular weight excluding hydrogens is 416 g/mol. The highest BCUT2D eigenvalue weighted by atomic mass is 32.2. The van der Waals surface area contributed by atoms with E-state index in [1.165, 1.54) is 16.4 Å². The van der Waals surface area contributed by atoms with E-state index in [9.17, 15) is 18.0 Å². The number of anilines is 1. The third kappa shape index (κ3) is 5.51. The first-order valence-electron chi connectivity index (χ1n) is 10.5. The van der Waals surface area contributed by atoms with Crippen molar-refractivity contribution in [3.05, 3.63) is 59.2 Å². The van der Waals surface area contributed by atoms with Crippen LogP contribution in [-0.4, -0.2) is 44.3 Å². The number of hydrogen-bond donors (Lipinski definition) is 1. The normalized spacial score (nSPS) is 15.2. The largest absolute Gasteiger partial charge is 0.462 e. The Labute approximate surface area is 183 Å². The van der Waals surface area contributed by atoms with Gasteiger partial charge in [-0.05, 0) is 68.7 Å². The van der Waals surface area contributed by atoms with Crippen LogP contribution < -0.4 is 5.32 Å². The highest BCUT2D eigenvalue weighted by Gasteiger charge is 2.26. The number of sulfonamides is 1. The van der Waals surface area contributed by atoms with Crippen LogP contribution in [0.2, 0.25) is 0 Å². The molecule has 0 unspecified atom stereocenters. The first kappa shape index (κ1) is 23.0. The standard InChI is InChI=1S/C23H28N2O5S/c1-3-30-23(27)19-11-12-21(17(2)15-19)24-22(26)18-9-8-10-20(16-18)31(28,29)25-13-6-4-5-7-14-25/h8-12,15-16H,3-7,13-14H2,1-2H3,(H,24,26). The molecule has 0 atom stereocenters. The highest BCUT2D eigenvalue weighted by molar-refractivity contribution is 7.89. The Kier molecular flexibility index (Phi) is 7.46. The predicted octanol–water partition coefficient (Wildman–Crippen LogP) is 3.99. The summed E-state index contributed by atoms with van der Waals surface area (Å²) in [5.41, 5.74) is 1.90. The minimum absolute atomic E-state index is 0.122. The quantitative estimate of drug-likeness (QED) is 0.680. The molecule has 8 heteroatoms. The first-order chi connectivity index (χ1) is 14.8. The molecule has 1 N–H and O–H groups in total. The number of benzene rings is 2. The second kappa shape index (κ2) is 10.1. The lowest BCUT2D eigenvalue weighted by molar-refractivity contribution is 0.0526. The molecule has 0 aromatic heterocycles. The van der Waals surface area contributed by atoms with Crippen molar-refractivity contribution in [2.75, 3.05) is 25.0 Å². The number of carbonyl (C=O) groups excluding carboxylic acids is 2. The van der Waals surface area contributed by atoms with E-state index < -0.39 is 21.9 Å². The number of nitrogens with zero attached hydrogens (tertiary/aromatic N) is 1. The molecule has 2 aromatic carbocycles. The summed E-state index contributed by atoms with van der Waals surface area (Å²) in [5, 5.41) is 2.79. The number of rotatable bonds is 6. The van der Waals surface area contributed by atoms with E-state index in [1.807, 2.05) is 0 Å². The van der Waals surface area contributed by atoms with Gasteiger partial charge in [-0.15, -0.1) is 0 Å². The molecule has 0 aliphatic carbocycles. The number of ether oxygens (including phenoxy) is 1. The molecule has 0 saturated carbocycles. The number of nitrogens with one attached hydrogen (secondary N) is 1. The Morgan fingerprint density at radius 1 is 1.00 bits per heavy atom. The van der Waals surface area contributed by atoms with Crippen molar-refractivity contribution in [1.82, 2.24) is 4.31 Å². The van der Waals surface area contributed by atoms with E-state index in [1.54, 1.807) is 44.2 Å². The van der Waals surface area contributed by atoms with Crippen LogP contribution in [-0.2, 0) is 14.8 Å².